The standard InChI is InChI=1S/C21H19NO2/c1-15(21(23)24)22-20-14-18(16-8-4-2-5-9-16)12-13-19(20)17-10-6-3-7-11-17/h2-15,22H,1H3,(H,23,24)/t15-/m0/s1. The van der Waals surface area contributed by atoms with Crippen molar-refractivity contribution in [2.45, 2.75) is 13.0 Å². The summed E-state index contributed by atoms with van der Waals surface area (Å²) in [5, 5.41) is 12.3. The van der Waals surface area contributed by atoms with Crippen molar-refractivity contribution in [2.75, 3.05) is 5.32 Å². The predicted octanol–water partition coefficient (Wildman–Crippen LogP) is 4.91. The maximum absolute atomic E-state index is 11.2. The van der Waals surface area contributed by atoms with E-state index in [0.29, 0.717) is 0 Å². The number of nitrogens with one attached hydrogen (secondary N) is 1. The molecule has 0 aliphatic carbocycles. The summed E-state index contributed by atoms with van der Waals surface area (Å²) < 4.78 is 0. The van der Waals surface area contributed by atoms with E-state index in [1.165, 1.54) is 0 Å². The van der Waals surface area contributed by atoms with Crippen LogP contribution in [0.25, 0.3) is 22.3 Å². The smallest absolute Gasteiger partial charge is 0.325 e. The maximum Gasteiger partial charge on any atom is 0.325 e. The lowest BCUT2D eigenvalue weighted by molar-refractivity contribution is -0.137. The first-order valence-electron chi connectivity index (χ1n) is 7.89. The normalized spacial score (nSPS) is 11.7. The number of carboxylic acids is 1. The first kappa shape index (κ1) is 15.8. The Kier molecular flexibility index (Phi) is 4.62. The SMILES string of the molecule is C[C@H](Nc1cc(-c2ccccc2)ccc1-c1ccccc1)C(=O)O. The van der Waals surface area contributed by atoms with Crippen molar-refractivity contribution in [2.24, 2.45) is 0 Å². The summed E-state index contributed by atoms with van der Waals surface area (Å²) in [5.41, 5.74) is 5.01. The zero-order valence-electron chi connectivity index (χ0n) is 13.4. The van der Waals surface area contributed by atoms with Crippen LogP contribution in [0.15, 0.2) is 78.9 Å². The number of carboxylic acid groups (broad SMARTS) is 1. The summed E-state index contributed by atoms with van der Waals surface area (Å²) in [6.45, 7) is 1.65. The summed E-state index contributed by atoms with van der Waals surface area (Å²) in [5.74, 6) is -0.876. The van der Waals surface area contributed by atoms with E-state index >= 15 is 0 Å². The fourth-order valence-corrected chi connectivity index (χ4v) is 2.64. The lowest BCUT2D eigenvalue weighted by atomic mass is 9.98. The van der Waals surface area contributed by atoms with Gasteiger partial charge in [-0.15, -0.1) is 0 Å². The van der Waals surface area contributed by atoms with Crippen molar-refractivity contribution in [1.29, 1.82) is 0 Å². The molecule has 0 aromatic heterocycles. The summed E-state index contributed by atoms with van der Waals surface area (Å²) in [6, 6.07) is 25.5. The third kappa shape index (κ3) is 3.46. The van der Waals surface area contributed by atoms with Gasteiger partial charge in [-0.1, -0.05) is 72.8 Å². The molecule has 0 spiro atoms. The highest BCUT2D eigenvalue weighted by Gasteiger charge is 2.14. The van der Waals surface area contributed by atoms with E-state index < -0.39 is 12.0 Å². The molecule has 0 heterocycles. The Bertz CT molecular complexity index is 829. The van der Waals surface area contributed by atoms with E-state index in [0.717, 1.165) is 27.9 Å². The minimum Gasteiger partial charge on any atom is -0.480 e. The molecular formula is C21H19NO2. The van der Waals surface area contributed by atoms with Crippen LogP contribution in [0, 0.1) is 0 Å². The molecular weight excluding hydrogens is 298 g/mol. The van der Waals surface area contributed by atoms with Crippen LogP contribution in [-0.2, 0) is 4.79 Å². The van der Waals surface area contributed by atoms with Gasteiger partial charge in [0.05, 0.1) is 0 Å². The number of hydrogen-bond acceptors (Lipinski definition) is 2. The molecule has 2 N–H and O–H groups in total. The molecule has 3 aromatic carbocycles. The Morgan fingerprint density at radius 1 is 0.833 bits per heavy atom. The van der Waals surface area contributed by atoms with Crippen molar-refractivity contribution in [1.82, 2.24) is 0 Å². The van der Waals surface area contributed by atoms with Crippen LogP contribution >= 0.6 is 0 Å². The summed E-state index contributed by atoms with van der Waals surface area (Å²) in [7, 11) is 0. The molecule has 120 valence electrons. The van der Waals surface area contributed by atoms with Gasteiger partial charge in [-0.3, -0.25) is 4.79 Å². The van der Waals surface area contributed by atoms with Crippen molar-refractivity contribution in [3.63, 3.8) is 0 Å². The molecule has 0 aliphatic rings. The van der Waals surface area contributed by atoms with Crippen molar-refractivity contribution in [3.05, 3.63) is 78.9 Å². The van der Waals surface area contributed by atoms with Gasteiger partial charge in [-0.2, -0.15) is 0 Å². The summed E-state index contributed by atoms with van der Waals surface area (Å²) in [6.07, 6.45) is 0. The monoisotopic (exact) mass is 317 g/mol. The number of carbonyl (C=O) groups is 1. The Morgan fingerprint density at radius 3 is 2.00 bits per heavy atom. The lowest BCUT2D eigenvalue weighted by Gasteiger charge is -2.17. The highest BCUT2D eigenvalue weighted by Crippen LogP contribution is 2.33. The molecule has 0 unspecified atom stereocenters. The van der Waals surface area contributed by atoms with Crippen molar-refractivity contribution in [3.8, 4) is 22.3 Å². The molecule has 3 heteroatoms. The van der Waals surface area contributed by atoms with Gasteiger partial charge in [-0.05, 0) is 29.7 Å². The van der Waals surface area contributed by atoms with Gasteiger partial charge in [0.15, 0.2) is 0 Å². The lowest BCUT2D eigenvalue weighted by Crippen LogP contribution is -2.25. The van der Waals surface area contributed by atoms with E-state index in [1.807, 2.05) is 72.8 Å². The van der Waals surface area contributed by atoms with Gasteiger partial charge >= 0.3 is 5.97 Å². The van der Waals surface area contributed by atoms with Crippen LogP contribution in [0.1, 0.15) is 6.92 Å². The van der Waals surface area contributed by atoms with Crippen LogP contribution in [0.2, 0.25) is 0 Å². The second-order valence-electron chi connectivity index (χ2n) is 5.70. The minimum atomic E-state index is -0.876. The molecule has 0 bridgehead atoms. The zero-order chi connectivity index (χ0) is 16.9. The van der Waals surface area contributed by atoms with E-state index in [9.17, 15) is 9.90 Å². The van der Waals surface area contributed by atoms with Crippen LogP contribution in [0.5, 0.6) is 0 Å². The first-order chi connectivity index (χ1) is 11.6. The van der Waals surface area contributed by atoms with E-state index in [2.05, 4.69) is 11.4 Å². The average molecular weight is 317 g/mol. The average Bonchev–Trinajstić information content (AvgIpc) is 2.63. The molecule has 0 radical (unpaired) electrons. The van der Waals surface area contributed by atoms with Crippen molar-refractivity contribution < 1.29 is 9.90 Å². The molecule has 0 amide bonds. The van der Waals surface area contributed by atoms with Crippen LogP contribution in [0.4, 0.5) is 5.69 Å². The Balaban J connectivity index is 2.07. The fraction of sp³-hybridized carbons (Fsp3) is 0.0952. The Hall–Kier alpha value is -3.07. The summed E-state index contributed by atoms with van der Waals surface area (Å²) >= 11 is 0. The number of rotatable bonds is 5. The van der Waals surface area contributed by atoms with Crippen LogP contribution in [-0.4, -0.2) is 17.1 Å². The van der Waals surface area contributed by atoms with Gasteiger partial charge in [0.25, 0.3) is 0 Å². The molecule has 3 nitrogen and oxygen atoms in total. The van der Waals surface area contributed by atoms with Crippen molar-refractivity contribution >= 4 is 11.7 Å². The molecule has 24 heavy (non-hydrogen) atoms. The fourth-order valence-electron chi connectivity index (χ4n) is 2.64. The Labute approximate surface area is 141 Å². The topological polar surface area (TPSA) is 49.3 Å². The number of anilines is 1. The first-order valence-corrected chi connectivity index (χ1v) is 7.89. The van der Waals surface area contributed by atoms with Gasteiger partial charge in [0.2, 0.25) is 0 Å². The molecule has 3 rings (SSSR count). The Morgan fingerprint density at radius 2 is 1.42 bits per heavy atom. The molecule has 0 saturated carbocycles. The van der Waals surface area contributed by atoms with Gasteiger partial charge in [0, 0.05) is 11.3 Å². The third-order valence-electron chi connectivity index (χ3n) is 3.95. The quantitative estimate of drug-likeness (QED) is 0.703. The second kappa shape index (κ2) is 7.01. The largest absolute Gasteiger partial charge is 0.480 e. The number of aliphatic carboxylic acids is 1. The molecule has 1 atom stereocenters. The predicted molar refractivity (Wildman–Crippen MR) is 98.0 cm³/mol. The molecule has 0 fully saturated rings. The molecule has 3 aromatic rings. The van der Waals surface area contributed by atoms with E-state index in [4.69, 9.17) is 0 Å². The van der Waals surface area contributed by atoms with E-state index in [1.54, 1.807) is 6.92 Å². The maximum atomic E-state index is 11.2. The van der Waals surface area contributed by atoms with Gasteiger partial charge in [0.1, 0.15) is 6.04 Å². The highest BCUT2D eigenvalue weighted by atomic mass is 16.4. The molecule has 0 aliphatic heterocycles. The summed E-state index contributed by atoms with van der Waals surface area (Å²) in [4.78, 5) is 11.2. The second-order valence-corrected chi connectivity index (χ2v) is 5.70. The van der Waals surface area contributed by atoms with Gasteiger partial charge in [-0.25, -0.2) is 0 Å². The third-order valence-corrected chi connectivity index (χ3v) is 3.95. The number of benzene rings is 3. The zero-order valence-corrected chi connectivity index (χ0v) is 13.4. The highest BCUT2D eigenvalue weighted by molar-refractivity contribution is 5.86. The van der Waals surface area contributed by atoms with Gasteiger partial charge < -0.3 is 10.4 Å². The molecule has 0 saturated heterocycles. The van der Waals surface area contributed by atoms with Crippen LogP contribution in [0.3, 0.4) is 0 Å². The number of hydrogen-bond donors (Lipinski definition) is 2. The minimum absolute atomic E-state index is 0.668. The van der Waals surface area contributed by atoms with E-state index in [-0.39, 0.29) is 0 Å². The van der Waals surface area contributed by atoms with Crippen LogP contribution < -0.4 is 5.32 Å².